The number of carbonyl (C=O) groups is 1. The molecule has 0 aliphatic heterocycles. The van der Waals surface area contributed by atoms with E-state index in [-0.39, 0.29) is 11.9 Å². The van der Waals surface area contributed by atoms with E-state index < -0.39 is 0 Å². The van der Waals surface area contributed by atoms with E-state index in [0.717, 1.165) is 4.88 Å². The number of benzene rings is 1. The van der Waals surface area contributed by atoms with Gasteiger partial charge >= 0.3 is 0 Å². The van der Waals surface area contributed by atoms with E-state index >= 15 is 0 Å². The highest BCUT2D eigenvalue weighted by atomic mass is 35.5. The molecule has 0 spiro atoms. The third kappa shape index (κ3) is 3.23. The lowest BCUT2D eigenvalue weighted by molar-refractivity contribution is 0.0941. The molecule has 0 fully saturated rings. The maximum Gasteiger partial charge on any atom is 0.253 e. The highest BCUT2D eigenvalue weighted by Gasteiger charge is 2.15. The lowest BCUT2D eigenvalue weighted by Gasteiger charge is -2.13. The first-order chi connectivity index (χ1) is 9.51. The second kappa shape index (κ2) is 6.15. The van der Waals surface area contributed by atoms with E-state index in [0.29, 0.717) is 21.3 Å². The highest BCUT2D eigenvalue weighted by Crippen LogP contribution is 2.27. The summed E-state index contributed by atoms with van der Waals surface area (Å²) in [5, 5.41) is 2.90. The summed E-state index contributed by atoms with van der Waals surface area (Å²) in [7, 11) is 1.55. The van der Waals surface area contributed by atoms with Gasteiger partial charge in [0.15, 0.2) is 0 Å². The standard InChI is InChI=1S/C14H15ClN2O2S/c1-8(12-5-6-13(15)20-12)17-14(18)10-4-3-9(19-2)7-11(10)16/h3-8H,16H2,1-2H3,(H,17,18). The van der Waals surface area contributed by atoms with Crippen LogP contribution in [-0.2, 0) is 0 Å². The molecule has 20 heavy (non-hydrogen) atoms. The summed E-state index contributed by atoms with van der Waals surface area (Å²) in [6.45, 7) is 1.90. The zero-order valence-electron chi connectivity index (χ0n) is 11.1. The molecule has 1 aromatic carbocycles. The molecule has 3 N–H and O–H groups in total. The predicted molar refractivity (Wildman–Crippen MR) is 82.6 cm³/mol. The number of anilines is 1. The first kappa shape index (κ1) is 14.7. The lowest BCUT2D eigenvalue weighted by atomic mass is 10.1. The van der Waals surface area contributed by atoms with Crippen molar-refractivity contribution in [2.24, 2.45) is 0 Å². The summed E-state index contributed by atoms with van der Waals surface area (Å²) in [5.41, 5.74) is 6.68. The number of amides is 1. The first-order valence-electron chi connectivity index (χ1n) is 6.01. The fourth-order valence-electron chi connectivity index (χ4n) is 1.78. The molecular weight excluding hydrogens is 296 g/mol. The molecule has 1 amide bonds. The Morgan fingerprint density at radius 1 is 1.40 bits per heavy atom. The largest absolute Gasteiger partial charge is 0.497 e. The zero-order chi connectivity index (χ0) is 14.7. The zero-order valence-corrected chi connectivity index (χ0v) is 12.7. The Morgan fingerprint density at radius 3 is 2.70 bits per heavy atom. The molecule has 0 bridgehead atoms. The summed E-state index contributed by atoms with van der Waals surface area (Å²) in [6.07, 6.45) is 0. The number of ether oxygens (including phenoxy) is 1. The minimum Gasteiger partial charge on any atom is -0.497 e. The van der Waals surface area contributed by atoms with Crippen LogP contribution in [0.2, 0.25) is 4.34 Å². The molecule has 1 unspecified atom stereocenters. The molecule has 1 atom stereocenters. The number of nitrogen functional groups attached to an aromatic ring is 1. The molecule has 4 nitrogen and oxygen atoms in total. The number of nitrogens with one attached hydrogen (secondary N) is 1. The quantitative estimate of drug-likeness (QED) is 0.850. The summed E-state index contributed by atoms with van der Waals surface area (Å²) < 4.78 is 5.76. The van der Waals surface area contributed by atoms with Crippen molar-refractivity contribution < 1.29 is 9.53 Å². The highest BCUT2D eigenvalue weighted by molar-refractivity contribution is 7.16. The minimum absolute atomic E-state index is 0.124. The predicted octanol–water partition coefficient (Wildman–Crippen LogP) is 3.48. The van der Waals surface area contributed by atoms with Crippen LogP contribution in [0.15, 0.2) is 30.3 Å². The van der Waals surface area contributed by atoms with Crippen molar-refractivity contribution in [2.45, 2.75) is 13.0 Å². The van der Waals surface area contributed by atoms with Gasteiger partial charge in [0.1, 0.15) is 5.75 Å². The smallest absolute Gasteiger partial charge is 0.253 e. The van der Waals surface area contributed by atoms with Gasteiger partial charge in [-0.05, 0) is 31.2 Å². The molecule has 0 aliphatic carbocycles. The minimum atomic E-state index is -0.220. The van der Waals surface area contributed by atoms with Gasteiger partial charge in [-0.15, -0.1) is 11.3 Å². The number of methoxy groups -OCH3 is 1. The van der Waals surface area contributed by atoms with Crippen molar-refractivity contribution in [3.63, 3.8) is 0 Å². The van der Waals surface area contributed by atoms with Gasteiger partial charge < -0.3 is 15.8 Å². The van der Waals surface area contributed by atoms with Gasteiger partial charge in [0.2, 0.25) is 0 Å². The Kier molecular flexibility index (Phi) is 4.52. The lowest BCUT2D eigenvalue weighted by Crippen LogP contribution is -2.26. The number of rotatable bonds is 4. The topological polar surface area (TPSA) is 64.3 Å². The summed E-state index contributed by atoms with van der Waals surface area (Å²) in [6, 6.07) is 8.57. The van der Waals surface area contributed by atoms with Crippen molar-refractivity contribution in [3.05, 3.63) is 45.1 Å². The molecule has 0 aliphatic rings. The monoisotopic (exact) mass is 310 g/mol. The maximum atomic E-state index is 12.2. The number of carbonyl (C=O) groups excluding carboxylic acids is 1. The van der Waals surface area contributed by atoms with Crippen LogP contribution in [0.1, 0.15) is 28.2 Å². The molecule has 1 heterocycles. The fraction of sp³-hybridized carbons (Fsp3) is 0.214. The van der Waals surface area contributed by atoms with Crippen LogP contribution in [0.25, 0.3) is 0 Å². The number of thiophene rings is 1. The van der Waals surface area contributed by atoms with Gasteiger partial charge in [-0.25, -0.2) is 0 Å². The normalized spacial score (nSPS) is 11.9. The van der Waals surface area contributed by atoms with E-state index in [1.54, 1.807) is 25.3 Å². The van der Waals surface area contributed by atoms with Crippen LogP contribution in [0.5, 0.6) is 5.75 Å². The fourth-order valence-corrected chi connectivity index (χ4v) is 2.84. The summed E-state index contributed by atoms with van der Waals surface area (Å²) in [5.74, 6) is 0.402. The molecule has 106 valence electrons. The van der Waals surface area contributed by atoms with Gasteiger partial charge in [0, 0.05) is 16.6 Å². The first-order valence-corrected chi connectivity index (χ1v) is 7.20. The number of hydrogen-bond acceptors (Lipinski definition) is 4. The average Bonchev–Trinajstić information content (AvgIpc) is 2.85. The third-order valence-corrected chi connectivity index (χ3v) is 4.29. The van der Waals surface area contributed by atoms with Crippen LogP contribution >= 0.6 is 22.9 Å². The van der Waals surface area contributed by atoms with Crippen LogP contribution in [0.4, 0.5) is 5.69 Å². The number of nitrogens with two attached hydrogens (primary N) is 1. The van der Waals surface area contributed by atoms with Crippen LogP contribution in [-0.4, -0.2) is 13.0 Å². The Hall–Kier alpha value is -1.72. The van der Waals surface area contributed by atoms with Crippen LogP contribution in [0, 0.1) is 0 Å². The summed E-state index contributed by atoms with van der Waals surface area (Å²) >= 11 is 7.33. The molecule has 0 saturated heterocycles. The molecular formula is C14H15ClN2O2S. The van der Waals surface area contributed by atoms with E-state index in [4.69, 9.17) is 22.1 Å². The van der Waals surface area contributed by atoms with Crippen molar-refractivity contribution in [1.82, 2.24) is 5.32 Å². The van der Waals surface area contributed by atoms with E-state index in [2.05, 4.69) is 5.32 Å². The Morgan fingerprint density at radius 2 is 2.15 bits per heavy atom. The van der Waals surface area contributed by atoms with Gasteiger partial charge in [-0.2, -0.15) is 0 Å². The van der Waals surface area contributed by atoms with Gasteiger partial charge in [0.25, 0.3) is 5.91 Å². The Bertz CT molecular complexity index is 627. The molecule has 0 radical (unpaired) electrons. The van der Waals surface area contributed by atoms with E-state index in [1.807, 2.05) is 19.1 Å². The van der Waals surface area contributed by atoms with Crippen molar-refractivity contribution >= 4 is 34.5 Å². The number of halogens is 1. The Balaban J connectivity index is 2.12. The van der Waals surface area contributed by atoms with Crippen LogP contribution in [0.3, 0.4) is 0 Å². The molecule has 2 rings (SSSR count). The molecule has 0 saturated carbocycles. The van der Waals surface area contributed by atoms with E-state index in [9.17, 15) is 4.79 Å². The third-order valence-electron chi connectivity index (χ3n) is 2.87. The van der Waals surface area contributed by atoms with E-state index in [1.165, 1.54) is 11.3 Å². The van der Waals surface area contributed by atoms with Crippen molar-refractivity contribution in [2.75, 3.05) is 12.8 Å². The van der Waals surface area contributed by atoms with Gasteiger partial charge in [-0.3, -0.25) is 4.79 Å². The molecule has 6 heteroatoms. The van der Waals surface area contributed by atoms with Gasteiger partial charge in [-0.1, -0.05) is 11.6 Å². The van der Waals surface area contributed by atoms with Gasteiger partial charge in [0.05, 0.1) is 23.1 Å². The van der Waals surface area contributed by atoms with Crippen LogP contribution < -0.4 is 15.8 Å². The van der Waals surface area contributed by atoms with Crippen molar-refractivity contribution in [1.29, 1.82) is 0 Å². The number of hydrogen-bond donors (Lipinski definition) is 2. The second-order valence-electron chi connectivity index (χ2n) is 4.29. The molecule has 2 aromatic rings. The summed E-state index contributed by atoms with van der Waals surface area (Å²) in [4.78, 5) is 13.2. The molecule has 1 aromatic heterocycles. The second-order valence-corrected chi connectivity index (χ2v) is 6.04. The SMILES string of the molecule is COc1ccc(C(=O)NC(C)c2ccc(Cl)s2)c(N)c1. The maximum absolute atomic E-state index is 12.2. The Labute approximate surface area is 126 Å². The van der Waals surface area contributed by atoms with Crippen molar-refractivity contribution in [3.8, 4) is 5.75 Å². The average molecular weight is 311 g/mol.